The van der Waals surface area contributed by atoms with Crippen LogP contribution in [0.5, 0.6) is 0 Å². The Balaban J connectivity index is 1.77. The Morgan fingerprint density at radius 1 is 1.26 bits per heavy atom. The van der Waals surface area contributed by atoms with Gasteiger partial charge in [0.05, 0.1) is 0 Å². The lowest BCUT2D eigenvalue weighted by atomic mass is 9.80. The molecule has 1 saturated heterocycles. The molecule has 4 heteroatoms. The Hall–Kier alpha value is -0.770. The Labute approximate surface area is 117 Å². The predicted octanol–water partition coefficient (Wildman–Crippen LogP) is 2.20. The van der Waals surface area contributed by atoms with Crippen molar-refractivity contribution < 1.29 is 4.79 Å². The number of piperazine rings is 1. The number of nitrogens with zero attached hydrogens (tertiary/aromatic N) is 1. The third kappa shape index (κ3) is 3.85. The van der Waals surface area contributed by atoms with Gasteiger partial charge in [0, 0.05) is 31.7 Å². The molecule has 2 fully saturated rings. The molecule has 0 aromatic carbocycles. The van der Waals surface area contributed by atoms with Crippen LogP contribution in [0.15, 0.2) is 0 Å². The third-order valence-corrected chi connectivity index (χ3v) is 4.80. The zero-order chi connectivity index (χ0) is 13.8. The van der Waals surface area contributed by atoms with Crippen molar-refractivity contribution in [3.05, 3.63) is 0 Å². The third-order valence-electron chi connectivity index (χ3n) is 4.80. The SMILES string of the molecule is CC(C)C1CCC(NC(=O)N2CCNCC2C)CC1. The van der Waals surface area contributed by atoms with Gasteiger partial charge in [-0.05, 0) is 44.4 Å². The Kier molecular flexibility index (Phi) is 5.08. The number of nitrogens with one attached hydrogen (secondary N) is 2. The van der Waals surface area contributed by atoms with Gasteiger partial charge in [-0.1, -0.05) is 13.8 Å². The van der Waals surface area contributed by atoms with E-state index >= 15 is 0 Å². The van der Waals surface area contributed by atoms with E-state index in [9.17, 15) is 4.79 Å². The van der Waals surface area contributed by atoms with E-state index in [0.29, 0.717) is 12.1 Å². The summed E-state index contributed by atoms with van der Waals surface area (Å²) < 4.78 is 0. The quantitative estimate of drug-likeness (QED) is 0.805. The molecule has 0 radical (unpaired) electrons. The Morgan fingerprint density at radius 3 is 2.53 bits per heavy atom. The zero-order valence-corrected chi connectivity index (χ0v) is 12.6. The summed E-state index contributed by atoms with van der Waals surface area (Å²) in [4.78, 5) is 14.3. The average molecular weight is 267 g/mol. The summed E-state index contributed by atoms with van der Waals surface area (Å²) in [5, 5.41) is 6.56. The molecule has 1 saturated carbocycles. The van der Waals surface area contributed by atoms with E-state index in [1.807, 2.05) is 4.90 Å². The van der Waals surface area contributed by atoms with Gasteiger partial charge in [-0.25, -0.2) is 4.79 Å². The van der Waals surface area contributed by atoms with Gasteiger partial charge >= 0.3 is 6.03 Å². The molecule has 2 N–H and O–H groups in total. The molecule has 2 aliphatic rings. The van der Waals surface area contributed by atoms with Crippen molar-refractivity contribution in [2.75, 3.05) is 19.6 Å². The first-order valence-corrected chi connectivity index (χ1v) is 7.85. The molecular weight excluding hydrogens is 238 g/mol. The summed E-state index contributed by atoms with van der Waals surface area (Å²) in [6.45, 7) is 9.39. The highest BCUT2D eigenvalue weighted by Gasteiger charge is 2.28. The topological polar surface area (TPSA) is 44.4 Å². The zero-order valence-electron chi connectivity index (χ0n) is 12.6. The van der Waals surface area contributed by atoms with Crippen LogP contribution in [0.3, 0.4) is 0 Å². The number of amides is 2. The van der Waals surface area contributed by atoms with Crippen LogP contribution in [0.4, 0.5) is 4.79 Å². The van der Waals surface area contributed by atoms with Crippen LogP contribution in [-0.4, -0.2) is 42.6 Å². The van der Waals surface area contributed by atoms with E-state index in [4.69, 9.17) is 0 Å². The molecule has 1 aliphatic carbocycles. The number of rotatable bonds is 2. The lowest BCUT2D eigenvalue weighted by molar-refractivity contribution is 0.154. The molecular formula is C15H29N3O. The monoisotopic (exact) mass is 267 g/mol. The first-order valence-electron chi connectivity index (χ1n) is 7.85. The molecule has 2 amide bonds. The maximum Gasteiger partial charge on any atom is 0.317 e. The molecule has 0 aromatic rings. The predicted molar refractivity (Wildman–Crippen MR) is 78.2 cm³/mol. The van der Waals surface area contributed by atoms with Crippen molar-refractivity contribution in [3.8, 4) is 0 Å². The molecule has 1 aliphatic heterocycles. The standard InChI is InChI=1S/C15H29N3O/c1-11(2)13-4-6-14(7-5-13)17-15(19)18-9-8-16-10-12(18)3/h11-14,16H,4-10H2,1-3H3,(H,17,19). The van der Waals surface area contributed by atoms with Gasteiger partial charge in [0.15, 0.2) is 0 Å². The van der Waals surface area contributed by atoms with Crippen molar-refractivity contribution in [3.63, 3.8) is 0 Å². The maximum absolute atomic E-state index is 12.3. The first kappa shape index (κ1) is 14.6. The van der Waals surface area contributed by atoms with Crippen LogP contribution >= 0.6 is 0 Å². The van der Waals surface area contributed by atoms with Crippen molar-refractivity contribution in [1.29, 1.82) is 0 Å². The van der Waals surface area contributed by atoms with Crippen molar-refractivity contribution in [1.82, 2.24) is 15.5 Å². The fraction of sp³-hybridized carbons (Fsp3) is 0.933. The number of hydrogen-bond donors (Lipinski definition) is 2. The minimum absolute atomic E-state index is 0.141. The first-order chi connectivity index (χ1) is 9.08. The number of urea groups is 1. The van der Waals surface area contributed by atoms with Crippen LogP contribution < -0.4 is 10.6 Å². The maximum atomic E-state index is 12.3. The van der Waals surface area contributed by atoms with E-state index in [1.54, 1.807) is 0 Å². The largest absolute Gasteiger partial charge is 0.335 e. The normalized spacial score (nSPS) is 32.4. The minimum Gasteiger partial charge on any atom is -0.335 e. The van der Waals surface area contributed by atoms with Gasteiger partial charge in [0.2, 0.25) is 0 Å². The summed E-state index contributed by atoms with van der Waals surface area (Å²) in [6.07, 6.45) is 4.82. The molecule has 0 bridgehead atoms. The fourth-order valence-electron chi connectivity index (χ4n) is 3.33. The van der Waals surface area contributed by atoms with Crippen molar-refractivity contribution in [2.24, 2.45) is 11.8 Å². The van der Waals surface area contributed by atoms with Gasteiger partial charge in [0.1, 0.15) is 0 Å². The van der Waals surface area contributed by atoms with E-state index in [0.717, 1.165) is 44.3 Å². The number of carbonyl (C=O) groups excluding carboxylic acids is 1. The molecule has 0 aromatic heterocycles. The molecule has 1 heterocycles. The van der Waals surface area contributed by atoms with Gasteiger partial charge in [0.25, 0.3) is 0 Å². The van der Waals surface area contributed by atoms with E-state index in [1.165, 1.54) is 12.8 Å². The lowest BCUT2D eigenvalue weighted by Gasteiger charge is -2.37. The summed E-state index contributed by atoms with van der Waals surface area (Å²) >= 11 is 0. The molecule has 19 heavy (non-hydrogen) atoms. The smallest absolute Gasteiger partial charge is 0.317 e. The molecule has 2 rings (SSSR count). The van der Waals surface area contributed by atoms with Gasteiger partial charge < -0.3 is 15.5 Å². The highest BCUT2D eigenvalue weighted by molar-refractivity contribution is 5.75. The molecule has 1 atom stereocenters. The molecule has 1 unspecified atom stereocenters. The Morgan fingerprint density at radius 2 is 1.95 bits per heavy atom. The highest BCUT2D eigenvalue weighted by Crippen LogP contribution is 2.29. The lowest BCUT2D eigenvalue weighted by Crippen LogP contribution is -2.56. The van der Waals surface area contributed by atoms with Crippen LogP contribution in [-0.2, 0) is 0 Å². The van der Waals surface area contributed by atoms with E-state index in [-0.39, 0.29) is 6.03 Å². The second-order valence-electron chi connectivity index (χ2n) is 6.55. The number of carbonyl (C=O) groups is 1. The highest BCUT2D eigenvalue weighted by atomic mass is 16.2. The van der Waals surface area contributed by atoms with Crippen LogP contribution in [0.1, 0.15) is 46.5 Å². The van der Waals surface area contributed by atoms with Crippen LogP contribution in [0.25, 0.3) is 0 Å². The van der Waals surface area contributed by atoms with Gasteiger partial charge in [-0.2, -0.15) is 0 Å². The molecule has 0 spiro atoms. The van der Waals surface area contributed by atoms with E-state index in [2.05, 4.69) is 31.4 Å². The Bertz CT molecular complexity index is 298. The van der Waals surface area contributed by atoms with Crippen LogP contribution in [0.2, 0.25) is 0 Å². The summed E-state index contributed by atoms with van der Waals surface area (Å²) in [7, 11) is 0. The molecule has 110 valence electrons. The summed E-state index contributed by atoms with van der Waals surface area (Å²) in [5.41, 5.74) is 0. The van der Waals surface area contributed by atoms with E-state index < -0.39 is 0 Å². The summed E-state index contributed by atoms with van der Waals surface area (Å²) in [6, 6.07) is 0.840. The van der Waals surface area contributed by atoms with Crippen molar-refractivity contribution in [2.45, 2.75) is 58.5 Å². The fourth-order valence-corrected chi connectivity index (χ4v) is 3.33. The molecule has 4 nitrogen and oxygen atoms in total. The second-order valence-corrected chi connectivity index (χ2v) is 6.55. The average Bonchev–Trinajstić information content (AvgIpc) is 2.39. The van der Waals surface area contributed by atoms with Crippen LogP contribution in [0, 0.1) is 11.8 Å². The summed E-state index contributed by atoms with van der Waals surface area (Å²) in [5.74, 6) is 1.64. The number of hydrogen-bond acceptors (Lipinski definition) is 2. The minimum atomic E-state index is 0.141. The van der Waals surface area contributed by atoms with Gasteiger partial charge in [-0.3, -0.25) is 0 Å². The van der Waals surface area contributed by atoms with Crippen molar-refractivity contribution >= 4 is 6.03 Å². The van der Waals surface area contributed by atoms with Gasteiger partial charge in [-0.15, -0.1) is 0 Å². The second kappa shape index (κ2) is 6.60.